The van der Waals surface area contributed by atoms with Gasteiger partial charge in [-0.25, -0.2) is 9.67 Å². The molecule has 50 heavy (non-hydrogen) atoms. The first-order valence-corrected chi connectivity index (χ1v) is 15.8. The van der Waals surface area contributed by atoms with Gasteiger partial charge in [0.1, 0.15) is 17.4 Å². The topological polar surface area (TPSA) is 147 Å². The SMILES string of the molecule is CC(C)(C(=O)Nc1ccc(C(F)(F)F)cc1-n1cccn1)n1cc(C#CC2CN(c3ccc4c(n3)CN(C3CCC(=O)NC3=O)C4=O)C2)cn1. The number of benzene rings is 1. The van der Waals surface area contributed by atoms with E-state index in [1.165, 1.54) is 32.7 Å². The minimum Gasteiger partial charge on any atom is -0.354 e. The van der Waals surface area contributed by atoms with Crippen LogP contribution in [0.3, 0.4) is 0 Å². The van der Waals surface area contributed by atoms with Crippen molar-refractivity contribution in [1.82, 2.24) is 34.8 Å². The molecule has 0 spiro atoms. The van der Waals surface area contributed by atoms with Crippen molar-refractivity contribution in [2.45, 2.75) is 51.0 Å². The highest BCUT2D eigenvalue weighted by Gasteiger charge is 2.40. The Kier molecular flexibility index (Phi) is 7.92. The van der Waals surface area contributed by atoms with E-state index in [1.807, 2.05) is 4.90 Å². The van der Waals surface area contributed by atoms with Gasteiger partial charge in [0.15, 0.2) is 0 Å². The van der Waals surface area contributed by atoms with E-state index in [1.54, 1.807) is 44.4 Å². The van der Waals surface area contributed by atoms with Gasteiger partial charge in [0.05, 0.1) is 52.4 Å². The summed E-state index contributed by atoms with van der Waals surface area (Å²) >= 11 is 0. The first-order chi connectivity index (χ1) is 23.8. The summed E-state index contributed by atoms with van der Waals surface area (Å²) < 4.78 is 43.0. The zero-order chi connectivity index (χ0) is 35.4. The first kappa shape index (κ1) is 32.6. The Morgan fingerprint density at radius 3 is 2.60 bits per heavy atom. The highest BCUT2D eigenvalue weighted by atomic mass is 19.4. The standard InChI is InChI=1S/C34H30F3N9O4/c1-33(2,32(50)41-24-8-6-22(34(35,36)37)14-27(24)45-13-3-12-38-45)46-18-20(15-39-46)4-5-21-16-43(17-21)28-10-7-23-25(40-28)19-44(31(23)49)26-9-11-29(47)42-30(26)48/h3,6-8,10,12-15,18,21,26H,9,11,16-17,19H2,1-2H3,(H,41,50)(H,42,47,48). The van der Waals surface area contributed by atoms with E-state index < -0.39 is 35.1 Å². The summed E-state index contributed by atoms with van der Waals surface area (Å²) in [5, 5.41) is 13.4. The normalized spacial score (nSPS) is 17.9. The van der Waals surface area contributed by atoms with Crippen molar-refractivity contribution in [2.24, 2.45) is 5.92 Å². The summed E-state index contributed by atoms with van der Waals surface area (Å²) in [6, 6.07) is 7.38. The number of aromatic nitrogens is 5. The lowest BCUT2D eigenvalue weighted by molar-refractivity contribution is -0.138. The summed E-state index contributed by atoms with van der Waals surface area (Å²) in [7, 11) is 0. The third kappa shape index (κ3) is 6.06. The van der Waals surface area contributed by atoms with Crippen LogP contribution in [0.5, 0.6) is 0 Å². The molecular weight excluding hydrogens is 655 g/mol. The molecule has 0 bridgehead atoms. The maximum absolute atomic E-state index is 13.4. The van der Waals surface area contributed by atoms with Crippen LogP contribution in [-0.2, 0) is 32.6 Å². The minimum absolute atomic E-state index is 0.0340. The predicted octanol–water partition coefficient (Wildman–Crippen LogP) is 3.11. The molecule has 16 heteroatoms. The van der Waals surface area contributed by atoms with Crippen LogP contribution in [0.4, 0.5) is 24.7 Å². The lowest BCUT2D eigenvalue weighted by Gasteiger charge is -2.37. The lowest BCUT2D eigenvalue weighted by atomic mass is 10.0. The molecule has 0 aliphatic carbocycles. The van der Waals surface area contributed by atoms with Gasteiger partial charge in [-0.3, -0.25) is 29.2 Å². The van der Waals surface area contributed by atoms with Crippen LogP contribution in [0.15, 0.2) is 61.2 Å². The number of nitrogens with one attached hydrogen (secondary N) is 2. The van der Waals surface area contributed by atoms with Gasteiger partial charge in [0, 0.05) is 38.1 Å². The number of hydrogen-bond donors (Lipinski definition) is 2. The molecule has 13 nitrogen and oxygen atoms in total. The van der Waals surface area contributed by atoms with Crippen LogP contribution in [0.2, 0.25) is 0 Å². The van der Waals surface area contributed by atoms with Gasteiger partial charge in [-0.05, 0) is 56.7 Å². The van der Waals surface area contributed by atoms with Crippen LogP contribution in [0.1, 0.15) is 53.9 Å². The van der Waals surface area contributed by atoms with Crippen molar-refractivity contribution in [3.8, 4) is 17.5 Å². The Morgan fingerprint density at radius 1 is 1.08 bits per heavy atom. The number of alkyl halides is 3. The van der Waals surface area contributed by atoms with E-state index in [2.05, 4.69) is 37.7 Å². The highest BCUT2D eigenvalue weighted by molar-refractivity contribution is 6.05. The van der Waals surface area contributed by atoms with Crippen LogP contribution >= 0.6 is 0 Å². The van der Waals surface area contributed by atoms with Crippen molar-refractivity contribution in [3.63, 3.8) is 0 Å². The quantitative estimate of drug-likeness (QED) is 0.233. The number of imide groups is 1. The average Bonchev–Trinajstić information content (AvgIpc) is 3.82. The second kappa shape index (κ2) is 12.2. The van der Waals surface area contributed by atoms with Crippen molar-refractivity contribution < 1.29 is 32.3 Å². The second-order valence-corrected chi connectivity index (χ2v) is 12.8. The van der Waals surface area contributed by atoms with Crippen molar-refractivity contribution in [3.05, 3.63) is 83.6 Å². The molecule has 1 atom stereocenters. The molecule has 2 N–H and O–H groups in total. The molecule has 1 aromatic carbocycles. The molecule has 0 saturated carbocycles. The summed E-state index contributed by atoms with van der Waals surface area (Å²) in [6.45, 7) is 4.68. The van der Waals surface area contributed by atoms with Gasteiger partial charge in [-0.15, -0.1) is 0 Å². The average molecular weight is 686 g/mol. The lowest BCUT2D eigenvalue weighted by Crippen LogP contribution is -2.52. The Labute approximate surface area is 283 Å². The Hall–Kier alpha value is -5.98. The molecule has 6 heterocycles. The molecule has 2 fully saturated rings. The number of nitrogens with zero attached hydrogens (tertiary/aromatic N) is 7. The fourth-order valence-electron chi connectivity index (χ4n) is 6.03. The zero-order valence-electron chi connectivity index (χ0n) is 26.9. The zero-order valence-corrected chi connectivity index (χ0v) is 26.9. The maximum Gasteiger partial charge on any atom is 0.416 e. The summed E-state index contributed by atoms with van der Waals surface area (Å²) in [5.74, 6) is 5.46. The van der Waals surface area contributed by atoms with Crippen LogP contribution in [0, 0.1) is 17.8 Å². The molecule has 2 saturated heterocycles. The number of pyridine rings is 1. The smallest absolute Gasteiger partial charge is 0.354 e. The van der Waals surface area contributed by atoms with Crippen molar-refractivity contribution in [2.75, 3.05) is 23.3 Å². The number of anilines is 2. The number of rotatable bonds is 6. The second-order valence-electron chi connectivity index (χ2n) is 12.8. The Balaban J connectivity index is 0.977. The molecule has 3 aliphatic heterocycles. The van der Waals surface area contributed by atoms with Gasteiger partial charge < -0.3 is 15.1 Å². The molecular formula is C34H30F3N9O4. The van der Waals surface area contributed by atoms with E-state index in [4.69, 9.17) is 0 Å². The van der Waals surface area contributed by atoms with Gasteiger partial charge in [0.25, 0.3) is 11.8 Å². The number of piperidine rings is 1. The predicted molar refractivity (Wildman–Crippen MR) is 172 cm³/mol. The van der Waals surface area contributed by atoms with Gasteiger partial charge in [-0.1, -0.05) is 11.8 Å². The largest absolute Gasteiger partial charge is 0.416 e. The van der Waals surface area contributed by atoms with Gasteiger partial charge in [-0.2, -0.15) is 23.4 Å². The summed E-state index contributed by atoms with van der Waals surface area (Å²) in [4.78, 5) is 58.4. The third-order valence-corrected chi connectivity index (χ3v) is 9.02. The van der Waals surface area contributed by atoms with E-state index >= 15 is 0 Å². The van der Waals surface area contributed by atoms with Gasteiger partial charge in [0.2, 0.25) is 11.8 Å². The minimum atomic E-state index is -4.57. The van der Waals surface area contributed by atoms with E-state index in [9.17, 15) is 32.3 Å². The van der Waals surface area contributed by atoms with E-state index in [-0.39, 0.29) is 48.5 Å². The molecule has 3 aliphatic rings. The number of hydrogen-bond acceptors (Lipinski definition) is 8. The van der Waals surface area contributed by atoms with E-state index in [0.29, 0.717) is 35.7 Å². The molecule has 256 valence electrons. The van der Waals surface area contributed by atoms with Crippen LogP contribution in [-0.4, -0.2) is 72.2 Å². The number of amides is 4. The van der Waals surface area contributed by atoms with Crippen molar-refractivity contribution in [1.29, 1.82) is 0 Å². The third-order valence-electron chi connectivity index (χ3n) is 9.02. The van der Waals surface area contributed by atoms with Gasteiger partial charge >= 0.3 is 6.18 Å². The number of carbonyl (C=O) groups is 4. The summed E-state index contributed by atoms with van der Waals surface area (Å²) in [6.07, 6.45) is 1.98. The Bertz CT molecular complexity index is 2090. The van der Waals surface area contributed by atoms with Crippen molar-refractivity contribution >= 4 is 35.1 Å². The monoisotopic (exact) mass is 685 g/mol. The highest BCUT2D eigenvalue weighted by Crippen LogP contribution is 2.34. The maximum atomic E-state index is 13.4. The number of fused-ring (bicyclic) bond motifs is 1. The molecule has 0 radical (unpaired) electrons. The van der Waals surface area contributed by atoms with E-state index in [0.717, 1.165) is 12.1 Å². The molecule has 3 aromatic heterocycles. The fraction of sp³-hybridized carbons (Fsp3) is 0.324. The molecule has 7 rings (SSSR count). The molecule has 4 aromatic rings. The molecule has 4 amide bonds. The number of halogens is 3. The fourth-order valence-corrected chi connectivity index (χ4v) is 6.03. The first-order valence-electron chi connectivity index (χ1n) is 15.8. The molecule has 1 unspecified atom stereocenters. The Morgan fingerprint density at radius 2 is 1.88 bits per heavy atom. The number of carbonyl (C=O) groups excluding carboxylic acids is 4. The van der Waals surface area contributed by atoms with Crippen LogP contribution in [0.25, 0.3) is 5.69 Å². The summed E-state index contributed by atoms with van der Waals surface area (Å²) in [5.41, 5.74) is -0.275. The van der Waals surface area contributed by atoms with Crippen LogP contribution < -0.4 is 15.5 Å².